The van der Waals surface area contributed by atoms with Gasteiger partial charge in [-0.25, -0.2) is 13.4 Å². The van der Waals surface area contributed by atoms with E-state index in [0.29, 0.717) is 12.8 Å². The van der Waals surface area contributed by atoms with Crippen molar-refractivity contribution < 1.29 is 18.0 Å². The lowest BCUT2D eigenvalue weighted by Crippen LogP contribution is -2.03. The molecule has 5 heteroatoms. The fourth-order valence-electron chi connectivity index (χ4n) is 0.893. The first-order valence-electron chi connectivity index (χ1n) is 4.91. The fourth-order valence-corrected chi connectivity index (χ4v) is 1.39. The van der Waals surface area contributed by atoms with E-state index in [1.807, 2.05) is 30.6 Å². The van der Waals surface area contributed by atoms with E-state index >= 15 is 0 Å². The molecule has 1 aromatic heterocycles. The summed E-state index contributed by atoms with van der Waals surface area (Å²) in [5.41, 5.74) is 0.906. The van der Waals surface area contributed by atoms with Crippen LogP contribution >= 0.6 is 0 Å². The van der Waals surface area contributed by atoms with E-state index in [2.05, 4.69) is 11.6 Å². The number of nitrogens with one attached hydrogen (secondary N) is 1. The Kier molecular flexibility index (Phi) is 7.41. The quantitative estimate of drug-likeness (QED) is 0.592. The summed E-state index contributed by atoms with van der Waals surface area (Å²) in [4.78, 5) is 2.89. The van der Waals surface area contributed by atoms with Crippen molar-refractivity contribution in [1.29, 1.82) is 0 Å². The Morgan fingerprint density at radius 3 is 2.12 bits per heavy atom. The van der Waals surface area contributed by atoms with Crippen LogP contribution in [0.3, 0.4) is 0 Å². The van der Waals surface area contributed by atoms with Crippen molar-refractivity contribution in [2.24, 2.45) is 0 Å². The number of hydrogen-bond donors (Lipinski definition) is 0. The molecular formula is C11H17NO3S. The third-order valence-corrected chi connectivity index (χ3v) is 2.39. The highest BCUT2D eigenvalue weighted by atomic mass is 32.2. The monoisotopic (exact) mass is 243 g/mol. The maximum atomic E-state index is 10.0. The first-order chi connectivity index (χ1) is 7.42. The number of allylic oxidation sites excluding steroid dienone is 1. The zero-order valence-electron chi connectivity index (χ0n) is 9.35. The molecule has 0 fully saturated rings. The highest BCUT2D eigenvalue weighted by Gasteiger charge is 1.94. The molecule has 0 spiro atoms. The van der Waals surface area contributed by atoms with Crippen LogP contribution in [-0.4, -0.2) is 18.7 Å². The van der Waals surface area contributed by atoms with Crippen LogP contribution in [0.25, 0.3) is 0 Å². The molecular weight excluding hydrogens is 226 g/mol. The van der Waals surface area contributed by atoms with E-state index in [1.54, 1.807) is 6.92 Å². The van der Waals surface area contributed by atoms with Crippen LogP contribution in [0.5, 0.6) is 0 Å². The lowest BCUT2D eigenvalue weighted by atomic mass is 10.2. The smallest absolute Gasteiger partial charge is 0.166 e. The largest absolute Gasteiger partial charge is 0.748 e. The molecule has 0 aliphatic rings. The first kappa shape index (κ1) is 14.8. The molecule has 0 saturated heterocycles. The SMILES string of the molecule is C=C(C)CCCS(=O)(=O)[O-].c1cc[nH+]cc1. The van der Waals surface area contributed by atoms with Crippen LogP contribution in [0.15, 0.2) is 42.7 Å². The number of aromatic nitrogens is 1. The lowest BCUT2D eigenvalue weighted by molar-refractivity contribution is -0.377. The Morgan fingerprint density at radius 2 is 1.88 bits per heavy atom. The van der Waals surface area contributed by atoms with Gasteiger partial charge in [-0.05, 0) is 19.8 Å². The lowest BCUT2D eigenvalue weighted by Gasteiger charge is -2.04. The average Bonchev–Trinajstić information content (AvgIpc) is 2.18. The van der Waals surface area contributed by atoms with Gasteiger partial charge < -0.3 is 4.55 Å². The van der Waals surface area contributed by atoms with Crippen molar-refractivity contribution in [3.63, 3.8) is 0 Å². The molecule has 1 heterocycles. The summed E-state index contributed by atoms with van der Waals surface area (Å²) in [5.74, 6) is -0.278. The molecule has 0 atom stereocenters. The van der Waals surface area contributed by atoms with Gasteiger partial charge in [0.25, 0.3) is 0 Å². The predicted molar refractivity (Wildman–Crippen MR) is 61.6 cm³/mol. The number of hydrogen-bond acceptors (Lipinski definition) is 3. The van der Waals surface area contributed by atoms with Gasteiger partial charge in [0.2, 0.25) is 0 Å². The van der Waals surface area contributed by atoms with E-state index in [0.717, 1.165) is 5.57 Å². The summed E-state index contributed by atoms with van der Waals surface area (Å²) >= 11 is 0. The normalized spacial score (nSPS) is 10.1. The Labute approximate surface area is 96.8 Å². The molecule has 16 heavy (non-hydrogen) atoms. The summed E-state index contributed by atoms with van der Waals surface area (Å²) in [7, 11) is -4.01. The molecule has 0 bridgehead atoms. The van der Waals surface area contributed by atoms with Crippen LogP contribution in [0.4, 0.5) is 0 Å². The maximum Gasteiger partial charge on any atom is 0.166 e. The van der Waals surface area contributed by atoms with Gasteiger partial charge in [0, 0.05) is 17.9 Å². The van der Waals surface area contributed by atoms with Crippen molar-refractivity contribution >= 4 is 10.1 Å². The molecule has 1 aromatic rings. The van der Waals surface area contributed by atoms with Crippen molar-refractivity contribution in [3.8, 4) is 0 Å². The van der Waals surface area contributed by atoms with Gasteiger partial charge in [-0.15, -0.1) is 6.58 Å². The Hall–Kier alpha value is -1.20. The van der Waals surface area contributed by atoms with Crippen molar-refractivity contribution in [2.45, 2.75) is 19.8 Å². The van der Waals surface area contributed by atoms with E-state index in [-0.39, 0.29) is 5.75 Å². The third kappa shape index (κ3) is 12.8. The molecule has 0 radical (unpaired) electrons. The highest BCUT2D eigenvalue weighted by Crippen LogP contribution is 2.01. The third-order valence-electron chi connectivity index (χ3n) is 1.61. The second-order valence-electron chi connectivity index (χ2n) is 3.40. The molecule has 0 aromatic carbocycles. The van der Waals surface area contributed by atoms with Crippen LogP contribution in [0, 0.1) is 0 Å². The van der Waals surface area contributed by atoms with Gasteiger partial charge in [0.15, 0.2) is 12.4 Å². The molecule has 0 amide bonds. The summed E-state index contributed by atoms with van der Waals surface area (Å²) in [6.07, 6.45) is 4.75. The summed E-state index contributed by atoms with van der Waals surface area (Å²) < 4.78 is 30.1. The zero-order chi connectivity index (χ0) is 12.4. The maximum absolute atomic E-state index is 10.0. The van der Waals surface area contributed by atoms with Gasteiger partial charge in [-0.2, -0.15) is 0 Å². The molecule has 0 aliphatic carbocycles. The number of rotatable bonds is 4. The standard InChI is InChI=1S/C6H12O3S.C5H5N/c1-6(2)4-3-5-10(7,8)9;1-2-4-6-5-3-1/h1,3-5H2,2H3,(H,7,8,9);1-5H. The van der Waals surface area contributed by atoms with E-state index in [1.165, 1.54) is 0 Å². The second kappa shape index (κ2) is 8.01. The van der Waals surface area contributed by atoms with Crippen LogP contribution in [0.1, 0.15) is 19.8 Å². The van der Waals surface area contributed by atoms with Gasteiger partial charge in [0.1, 0.15) is 0 Å². The topological polar surface area (TPSA) is 71.3 Å². The highest BCUT2D eigenvalue weighted by molar-refractivity contribution is 7.85. The minimum absolute atomic E-state index is 0.278. The van der Waals surface area contributed by atoms with Crippen molar-refractivity contribution in [2.75, 3.05) is 5.75 Å². The average molecular weight is 243 g/mol. The molecule has 4 nitrogen and oxygen atoms in total. The van der Waals surface area contributed by atoms with Crippen molar-refractivity contribution in [1.82, 2.24) is 0 Å². The van der Waals surface area contributed by atoms with Crippen LogP contribution < -0.4 is 4.98 Å². The van der Waals surface area contributed by atoms with E-state index in [9.17, 15) is 13.0 Å². The number of H-pyrrole nitrogens is 1. The Morgan fingerprint density at radius 1 is 1.31 bits per heavy atom. The molecule has 0 aliphatic heterocycles. The van der Waals surface area contributed by atoms with Gasteiger partial charge >= 0.3 is 0 Å². The molecule has 0 unspecified atom stereocenters. The molecule has 0 saturated carbocycles. The summed E-state index contributed by atoms with van der Waals surface area (Å²) in [6.45, 7) is 5.38. The van der Waals surface area contributed by atoms with Crippen molar-refractivity contribution in [3.05, 3.63) is 42.7 Å². The Bertz CT molecular complexity index is 360. The van der Waals surface area contributed by atoms with Crippen LogP contribution in [-0.2, 0) is 10.1 Å². The fraction of sp³-hybridized carbons (Fsp3) is 0.364. The van der Waals surface area contributed by atoms with Gasteiger partial charge in [-0.3, -0.25) is 0 Å². The second-order valence-corrected chi connectivity index (χ2v) is 4.92. The van der Waals surface area contributed by atoms with Crippen LogP contribution in [0.2, 0.25) is 0 Å². The number of aromatic amines is 1. The summed E-state index contributed by atoms with van der Waals surface area (Å²) in [5, 5.41) is 0. The minimum Gasteiger partial charge on any atom is -0.748 e. The Balaban J connectivity index is 0.000000315. The number of pyridine rings is 1. The first-order valence-corrected chi connectivity index (χ1v) is 6.48. The predicted octanol–water partition coefficient (Wildman–Crippen LogP) is 1.39. The molecule has 1 N–H and O–H groups in total. The van der Waals surface area contributed by atoms with Gasteiger partial charge in [0.05, 0.1) is 10.1 Å². The van der Waals surface area contributed by atoms with E-state index in [4.69, 9.17) is 0 Å². The zero-order valence-corrected chi connectivity index (χ0v) is 10.2. The summed E-state index contributed by atoms with van der Waals surface area (Å²) in [6, 6.07) is 5.86. The van der Waals surface area contributed by atoms with Gasteiger partial charge in [-0.1, -0.05) is 11.6 Å². The minimum atomic E-state index is -4.01. The molecule has 90 valence electrons. The molecule has 1 rings (SSSR count). The van der Waals surface area contributed by atoms with E-state index < -0.39 is 10.1 Å².